The largest absolute Gasteiger partial charge is 0.348 e. The molecule has 2 aliphatic rings. The maximum atomic E-state index is 12.7. The molecule has 1 saturated heterocycles. The molecule has 0 radical (unpaired) electrons. The summed E-state index contributed by atoms with van der Waals surface area (Å²) in [5.74, 6) is 1.55. The van der Waals surface area contributed by atoms with Crippen LogP contribution < -0.4 is 5.32 Å². The first-order valence-electron chi connectivity index (χ1n) is 8.56. The molecule has 0 bridgehead atoms. The second kappa shape index (κ2) is 6.89. The summed E-state index contributed by atoms with van der Waals surface area (Å²) in [5, 5.41) is 3.25. The third-order valence-corrected chi connectivity index (χ3v) is 6.12. The van der Waals surface area contributed by atoms with E-state index in [9.17, 15) is 4.79 Å². The predicted octanol–water partition coefficient (Wildman–Crippen LogP) is 3.54. The molecule has 1 aromatic heterocycles. The average Bonchev–Trinajstić information content (AvgIpc) is 3.17. The van der Waals surface area contributed by atoms with Crippen molar-refractivity contribution in [1.29, 1.82) is 0 Å². The first-order valence-corrected chi connectivity index (χ1v) is 9.55. The lowest BCUT2D eigenvalue weighted by atomic mass is 9.94. The number of hydrogen-bond acceptors (Lipinski definition) is 3. The van der Waals surface area contributed by atoms with Crippen molar-refractivity contribution in [2.75, 3.05) is 18.8 Å². The number of nitrogens with one attached hydrogen (secondary N) is 2. The quantitative estimate of drug-likeness (QED) is 0.877. The monoisotopic (exact) mass is 342 g/mol. The van der Waals surface area contributed by atoms with Gasteiger partial charge in [0.05, 0.1) is 12.4 Å². The summed E-state index contributed by atoms with van der Waals surface area (Å²) in [4.78, 5) is 23.2. The molecule has 2 N–H and O–H groups in total. The van der Waals surface area contributed by atoms with E-state index in [0.29, 0.717) is 5.92 Å². The van der Waals surface area contributed by atoms with Crippen LogP contribution in [0.1, 0.15) is 42.5 Å². The van der Waals surface area contributed by atoms with Crippen molar-refractivity contribution in [3.05, 3.63) is 48.0 Å². The van der Waals surface area contributed by atoms with Crippen LogP contribution in [0.5, 0.6) is 0 Å². The number of hydrogen-bond donors (Lipinski definition) is 2. The number of piperidine rings is 1. The SMILES string of the molecule is O=C(NC1CCSc2ccccc21)N1CCC(c2cnc[nH]2)CC1. The van der Waals surface area contributed by atoms with Crippen LogP contribution >= 0.6 is 11.8 Å². The van der Waals surface area contributed by atoms with E-state index in [2.05, 4.69) is 39.6 Å². The smallest absolute Gasteiger partial charge is 0.317 e. The van der Waals surface area contributed by atoms with Gasteiger partial charge in [-0.05, 0) is 30.9 Å². The standard InChI is InChI=1S/C18H22N4OS/c23-18(21-15-7-10-24-17-4-2-1-3-14(15)17)22-8-5-13(6-9-22)16-11-19-12-20-16/h1-4,11-13,15H,5-10H2,(H,19,20)(H,21,23). The Morgan fingerprint density at radius 2 is 2.08 bits per heavy atom. The molecule has 126 valence electrons. The minimum absolute atomic E-state index is 0.0739. The third kappa shape index (κ3) is 3.15. The number of carbonyl (C=O) groups excluding carboxylic acids is 1. The molecule has 1 unspecified atom stereocenters. The number of likely N-dealkylation sites (tertiary alicyclic amines) is 1. The van der Waals surface area contributed by atoms with Crippen LogP contribution in [0.15, 0.2) is 41.7 Å². The van der Waals surface area contributed by atoms with Gasteiger partial charge in [-0.3, -0.25) is 0 Å². The van der Waals surface area contributed by atoms with E-state index >= 15 is 0 Å². The van der Waals surface area contributed by atoms with Crippen LogP contribution in [0.25, 0.3) is 0 Å². The molecule has 6 heteroatoms. The summed E-state index contributed by atoms with van der Waals surface area (Å²) < 4.78 is 0. The Balaban J connectivity index is 1.36. The van der Waals surface area contributed by atoms with Crippen molar-refractivity contribution in [1.82, 2.24) is 20.2 Å². The average molecular weight is 342 g/mol. The fourth-order valence-electron chi connectivity index (χ4n) is 3.62. The molecule has 24 heavy (non-hydrogen) atoms. The van der Waals surface area contributed by atoms with E-state index in [4.69, 9.17) is 0 Å². The molecule has 5 nitrogen and oxygen atoms in total. The lowest BCUT2D eigenvalue weighted by Gasteiger charge is -2.34. The summed E-state index contributed by atoms with van der Waals surface area (Å²) in [6.07, 6.45) is 6.61. The van der Waals surface area contributed by atoms with E-state index in [-0.39, 0.29) is 12.1 Å². The summed E-state index contributed by atoms with van der Waals surface area (Å²) in [5.41, 5.74) is 2.45. The number of H-pyrrole nitrogens is 1. The summed E-state index contributed by atoms with van der Waals surface area (Å²) >= 11 is 1.88. The minimum Gasteiger partial charge on any atom is -0.348 e. The first-order chi connectivity index (χ1) is 11.8. The Hall–Kier alpha value is -1.95. The number of imidazole rings is 1. The number of nitrogens with zero attached hydrogens (tertiary/aromatic N) is 2. The normalized spacial score (nSPS) is 21.3. The molecule has 1 fully saturated rings. The van der Waals surface area contributed by atoms with E-state index in [1.165, 1.54) is 16.2 Å². The Morgan fingerprint density at radius 1 is 1.25 bits per heavy atom. The predicted molar refractivity (Wildman–Crippen MR) is 95.2 cm³/mol. The topological polar surface area (TPSA) is 61.0 Å². The highest BCUT2D eigenvalue weighted by molar-refractivity contribution is 7.99. The summed E-state index contributed by atoms with van der Waals surface area (Å²) in [6, 6.07) is 8.62. The number of aromatic amines is 1. The lowest BCUT2D eigenvalue weighted by molar-refractivity contribution is 0.176. The summed E-state index contributed by atoms with van der Waals surface area (Å²) in [7, 11) is 0. The number of aromatic nitrogens is 2. The van der Waals surface area contributed by atoms with Crippen molar-refractivity contribution < 1.29 is 4.79 Å². The zero-order valence-electron chi connectivity index (χ0n) is 13.6. The van der Waals surface area contributed by atoms with Gasteiger partial charge in [0, 0.05) is 41.5 Å². The zero-order valence-corrected chi connectivity index (χ0v) is 14.4. The molecule has 2 amide bonds. The first kappa shape index (κ1) is 15.6. The zero-order chi connectivity index (χ0) is 16.4. The fraction of sp³-hybridized carbons (Fsp3) is 0.444. The van der Waals surface area contributed by atoms with Gasteiger partial charge in [-0.2, -0.15) is 0 Å². The molecule has 0 saturated carbocycles. The highest BCUT2D eigenvalue weighted by atomic mass is 32.2. The molecular formula is C18H22N4OS. The molecule has 1 aromatic carbocycles. The van der Waals surface area contributed by atoms with Crippen LogP contribution in [0.3, 0.4) is 0 Å². The molecule has 0 spiro atoms. The maximum Gasteiger partial charge on any atom is 0.317 e. The highest BCUT2D eigenvalue weighted by Crippen LogP contribution is 2.36. The van der Waals surface area contributed by atoms with Crippen LogP contribution in [0.4, 0.5) is 4.79 Å². The van der Waals surface area contributed by atoms with Gasteiger partial charge in [-0.25, -0.2) is 9.78 Å². The Kier molecular flexibility index (Phi) is 4.47. The van der Waals surface area contributed by atoms with Crippen LogP contribution in [0, 0.1) is 0 Å². The highest BCUT2D eigenvalue weighted by Gasteiger charge is 2.27. The van der Waals surface area contributed by atoms with Gasteiger partial charge in [-0.1, -0.05) is 18.2 Å². The van der Waals surface area contributed by atoms with E-state index < -0.39 is 0 Å². The van der Waals surface area contributed by atoms with Gasteiger partial charge >= 0.3 is 6.03 Å². The number of amides is 2. The molecule has 0 aliphatic carbocycles. The van der Waals surface area contributed by atoms with Crippen LogP contribution in [-0.4, -0.2) is 39.7 Å². The van der Waals surface area contributed by atoms with Gasteiger partial charge < -0.3 is 15.2 Å². The third-order valence-electron chi connectivity index (χ3n) is 5.00. The summed E-state index contributed by atoms with van der Waals surface area (Å²) in [6.45, 7) is 1.61. The number of rotatable bonds is 2. The van der Waals surface area contributed by atoms with Crippen molar-refractivity contribution in [2.24, 2.45) is 0 Å². The van der Waals surface area contributed by atoms with Gasteiger partial charge in [0.15, 0.2) is 0 Å². The number of thioether (sulfide) groups is 1. The molecule has 2 aliphatic heterocycles. The fourth-order valence-corrected chi connectivity index (χ4v) is 4.74. The molecule has 4 rings (SSSR count). The van der Waals surface area contributed by atoms with Crippen molar-refractivity contribution in [3.8, 4) is 0 Å². The number of benzene rings is 1. The van der Waals surface area contributed by atoms with E-state index in [1.807, 2.05) is 22.9 Å². The second-order valence-electron chi connectivity index (χ2n) is 6.45. The van der Waals surface area contributed by atoms with E-state index in [0.717, 1.165) is 38.1 Å². The van der Waals surface area contributed by atoms with Gasteiger partial charge in [0.25, 0.3) is 0 Å². The Bertz CT molecular complexity index is 695. The molecular weight excluding hydrogens is 320 g/mol. The number of urea groups is 1. The Morgan fingerprint density at radius 3 is 2.88 bits per heavy atom. The van der Waals surface area contributed by atoms with E-state index in [1.54, 1.807) is 6.33 Å². The molecule has 3 heterocycles. The maximum absolute atomic E-state index is 12.7. The van der Waals surface area contributed by atoms with Crippen molar-refractivity contribution in [3.63, 3.8) is 0 Å². The molecule has 2 aromatic rings. The minimum atomic E-state index is 0.0739. The molecule has 1 atom stereocenters. The second-order valence-corrected chi connectivity index (χ2v) is 7.58. The lowest BCUT2D eigenvalue weighted by Crippen LogP contribution is -2.45. The number of fused-ring (bicyclic) bond motifs is 1. The number of carbonyl (C=O) groups is 1. The van der Waals surface area contributed by atoms with Crippen molar-refractivity contribution in [2.45, 2.75) is 36.1 Å². The van der Waals surface area contributed by atoms with Gasteiger partial charge in [0.1, 0.15) is 0 Å². The van der Waals surface area contributed by atoms with Crippen LogP contribution in [0.2, 0.25) is 0 Å². The van der Waals surface area contributed by atoms with Gasteiger partial charge in [0.2, 0.25) is 0 Å². The Labute approximate surface area is 146 Å². The van der Waals surface area contributed by atoms with Crippen molar-refractivity contribution >= 4 is 17.8 Å². The van der Waals surface area contributed by atoms with Crippen LogP contribution in [-0.2, 0) is 0 Å². The van der Waals surface area contributed by atoms with Gasteiger partial charge in [-0.15, -0.1) is 11.8 Å².